The molecule has 5 saturated heterocycles. The van der Waals surface area contributed by atoms with Crippen molar-refractivity contribution in [1.29, 1.82) is 0 Å². The number of amides is 4. The van der Waals surface area contributed by atoms with Gasteiger partial charge < -0.3 is 155 Å². The maximum Gasteiger partial charge on any atom is 0.364 e. The van der Waals surface area contributed by atoms with Crippen LogP contribution in [0.2, 0.25) is 0 Å². The molecule has 6 rings (SSSR count). The van der Waals surface area contributed by atoms with Crippen molar-refractivity contribution in [2.75, 3.05) is 45.0 Å². The van der Waals surface area contributed by atoms with Crippen LogP contribution >= 0.6 is 0 Å². The molecule has 38 nitrogen and oxygen atoms in total. The molecule has 598 valence electrons. The minimum absolute atomic E-state index is 0.0377. The van der Waals surface area contributed by atoms with Crippen molar-refractivity contribution in [3.8, 4) is 0 Å². The minimum atomic E-state index is -3.41. The molecule has 4 amide bonds. The molecule has 5 aliphatic heterocycles. The largest absolute Gasteiger partial charge is 0.477 e. The number of nitrogens with one attached hydrogen (secondary N) is 4. The Kier molecular flexibility index (Phi) is 36.8. The number of carbonyl (C=O) groups excluding carboxylic acids is 4. The molecule has 2 unspecified atom stereocenters. The zero-order valence-electron chi connectivity index (χ0n) is 58.9. The number of rotatable bonds is 43. The van der Waals surface area contributed by atoms with E-state index in [1.807, 2.05) is 0 Å². The van der Waals surface area contributed by atoms with E-state index in [4.69, 9.17) is 51.9 Å². The highest BCUT2D eigenvalue weighted by atomic mass is 16.8. The Morgan fingerprint density at radius 3 is 1.66 bits per heavy atom. The van der Waals surface area contributed by atoms with Gasteiger partial charge in [-0.3, -0.25) is 24.5 Å². The molecule has 0 aliphatic carbocycles. The van der Waals surface area contributed by atoms with Crippen LogP contribution in [0.4, 0.5) is 5.88 Å². The molecule has 0 aromatic carbocycles. The predicted molar refractivity (Wildman–Crippen MR) is 352 cm³/mol. The SMILES string of the molecule is CCCCCCCCCCCCCCCCCC(=O)N[C@@H](CO[C@@H]1O[C@H](CO)[C@@H](O[C@@H]2O[C@H](CO)[C@H](O[C@@H]3O[C@H](CO)[C@H](O)[C@H](O[C@@H]4O[C@H](CO)[C@H](O)[C@H](O)[C@H]4O)[C@H]3NC(C)=O)[C@H](O[C@]3(C(=O)O)C[C@H](O)C(NC(C)=O)C([C@H](O)[C@H](O)CO)O3)[C@H]2O)[C@H](O)[C@H]1O)[C@H](O)/C=C/CC(=O)Nc1cc(C)no1. The van der Waals surface area contributed by atoms with E-state index >= 15 is 0 Å². The van der Waals surface area contributed by atoms with Crippen LogP contribution < -0.4 is 21.3 Å². The van der Waals surface area contributed by atoms with E-state index in [1.54, 1.807) is 6.92 Å². The number of carboxylic acid groups (broad SMARTS) is 1. The van der Waals surface area contributed by atoms with Crippen LogP contribution in [0.25, 0.3) is 0 Å². The number of aromatic nitrogens is 1. The smallest absolute Gasteiger partial charge is 0.364 e. The van der Waals surface area contributed by atoms with E-state index in [2.05, 4.69) is 33.3 Å². The lowest BCUT2D eigenvalue weighted by atomic mass is 9.88. The Morgan fingerprint density at radius 2 is 1.11 bits per heavy atom. The molecule has 28 atom stereocenters. The van der Waals surface area contributed by atoms with E-state index < -0.39 is 247 Å². The van der Waals surface area contributed by atoms with Crippen molar-refractivity contribution in [2.45, 2.75) is 314 Å². The number of anilines is 1. The maximum atomic E-state index is 13.8. The van der Waals surface area contributed by atoms with E-state index in [1.165, 1.54) is 76.0 Å². The summed E-state index contributed by atoms with van der Waals surface area (Å²) in [5.74, 6) is -8.41. The van der Waals surface area contributed by atoms with Gasteiger partial charge in [0.1, 0.15) is 116 Å². The van der Waals surface area contributed by atoms with Crippen LogP contribution in [0.5, 0.6) is 0 Å². The van der Waals surface area contributed by atoms with Gasteiger partial charge in [0.25, 0.3) is 5.79 Å². The summed E-state index contributed by atoms with van der Waals surface area (Å²) in [5, 5.41) is 202. The molecule has 1 aromatic heterocycles. The van der Waals surface area contributed by atoms with Gasteiger partial charge in [-0.2, -0.15) is 0 Å². The average molecular weight is 1500 g/mol. The summed E-state index contributed by atoms with van der Waals surface area (Å²) in [6.45, 7) is -0.578. The first kappa shape index (κ1) is 88.2. The molecule has 0 radical (unpaired) electrons. The Labute approximate surface area is 600 Å². The summed E-state index contributed by atoms with van der Waals surface area (Å²) in [6.07, 6.45) is -32.9. The van der Waals surface area contributed by atoms with Gasteiger partial charge in [-0.1, -0.05) is 114 Å². The fraction of sp³-hybridized carbons (Fsp3) is 0.848. The van der Waals surface area contributed by atoms with Crippen LogP contribution in [0.3, 0.4) is 0 Å². The number of aliphatic carboxylic acids is 1. The van der Waals surface area contributed by atoms with Crippen molar-refractivity contribution >= 4 is 35.5 Å². The molecule has 104 heavy (non-hydrogen) atoms. The average Bonchev–Trinajstić information content (AvgIpc) is 0.795. The van der Waals surface area contributed by atoms with E-state index in [-0.39, 0.29) is 18.7 Å². The fourth-order valence-electron chi connectivity index (χ4n) is 13.1. The topological polar surface area (TPSA) is 596 Å². The third-order valence-corrected chi connectivity index (χ3v) is 18.8. The second kappa shape index (κ2) is 43.5. The van der Waals surface area contributed by atoms with Crippen molar-refractivity contribution in [3.05, 3.63) is 23.9 Å². The Hall–Kier alpha value is -4.74. The zero-order valence-corrected chi connectivity index (χ0v) is 58.9. The highest BCUT2D eigenvalue weighted by molar-refractivity contribution is 5.90. The van der Waals surface area contributed by atoms with Gasteiger partial charge in [0, 0.05) is 39.2 Å². The number of hydrogen-bond donors (Lipinski definition) is 21. The highest BCUT2D eigenvalue weighted by Gasteiger charge is 2.62. The first-order valence-electron chi connectivity index (χ1n) is 35.6. The van der Waals surface area contributed by atoms with Crippen molar-refractivity contribution in [1.82, 2.24) is 21.1 Å². The van der Waals surface area contributed by atoms with Gasteiger partial charge in [-0.25, -0.2) is 4.79 Å². The number of aliphatic hydroxyl groups excluding tert-OH is 16. The lowest BCUT2D eigenvalue weighted by Crippen LogP contribution is -2.72. The van der Waals surface area contributed by atoms with Crippen molar-refractivity contribution < 1.29 is 163 Å². The predicted octanol–water partition coefficient (Wildman–Crippen LogP) is -5.42. The summed E-state index contributed by atoms with van der Waals surface area (Å²) in [6, 6.07) is -3.56. The zero-order chi connectivity index (χ0) is 76.5. The Bertz CT molecular complexity index is 2760. The van der Waals surface area contributed by atoms with Gasteiger partial charge in [0.15, 0.2) is 25.2 Å². The number of unbranched alkanes of at least 4 members (excludes halogenated alkanes) is 14. The molecule has 0 bridgehead atoms. The molecular formula is C66H111N5O33. The van der Waals surface area contributed by atoms with Crippen LogP contribution in [-0.4, -0.2) is 332 Å². The third-order valence-electron chi connectivity index (χ3n) is 18.8. The molecule has 21 N–H and O–H groups in total. The summed E-state index contributed by atoms with van der Waals surface area (Å²) in [5.41, 5.74) is 0.498. The minimum Gasteiger partial charge on any atom is -0.477 e. The van der Waals surface area contributed by atoms with Crippen LogP contribution in [0.15, 0.2) is 22.7 Å². The first-order valence-corrected chi connectivity index (χ1v) is 35.6. The molecule has 5 fully saturated rings. The lowest BCUT2D eigenvalue weighted by Gasteiger charge is -2.52. The van der Waals surface area contributed by atoms with Gasteiger partial charge in [-0.15, -0.1) is 0 Å². The number of hydrogen-bond acceptors (Lipinski definition) is 33. The van der Waals surface area contributed by atoms with Gasteiger partial charge in [-0.05, 0) is 13.3 Å². The Morgan fingerprint density at radius 1 is 0.596 bits per heavy atom. The monoisotopic (exact) mass is 1500 g/mol. The second-order valence-electron chi connectivity index (χ2n) is 27.0. The maximum absolute atomic E-state index is 13.8. The standard InChI is InChI=1S/C66H111N5O33/c1-5-6-7-8-9-10-11-12-13-14-15-16-17-18-19-22-43(82)69-35(36(79)21-20-23-44(83)70-45-24-32(2)71-104-45)31-94-62-54(90)52(88)56(41(29-75)97-62)99-64-55(91)60(103-66(65(92)93)25-37(80)46(67-33(3)77)59(102-66)48(84)38(81)26-72)57(42(30-76)98-64)100-61-47(68-34(4)78)58(50(86)40(28-74)95-61)101-63-53(89)51(87)49(85)39(27-73)96-63/h20-21,24,35-42,46-64,72-76,79-81,84-91H,5-19,22-23,25-31H2,1-4H3,(H,67,77)(H,68,78)(H,69,82)(H,70,83)(H,92,93)/b21-20+/t35-,36+,37-,38+,39+,40+,41+,42+,46?,47+,48+,49-,50-,51-,52+,53+,54+,55+,56+,57-,58+,59?,60+,61-,62+,63-,64-,66-/m0/s1. The van der Waals surface area contributed by atoms with Crippen LogP contribution in [0.1, 0.15) is 142 Å². The van der Waals surface area contributed by atoms with Gasteiger partial charge >= 0.3 is 5.97 Å². The second-order valence-corrected chi connectivity index (χ2v) is 27.0. The Balaban J connectivity index is 1.25. The first-order chi connectivity index (χ1) is 49.6. The number of nitrogens with zero attached hydrogens (tertiary/aromatic N) is 1. The summed E-state index contributed by atoms with van der Waals surface area (Å²) < 4.78 is 64.7. The molecule has 38 heteroatoms. The quantitative estimate of drug-likeness (QED) is 0.0214. The van der Waals surface area contributed by atoms with Gasteiger partial charge in [0.05, 0.1) is 69.6 Å². The fourth-order valence-corrected chi connectivity index (χ4v) is 13.1. The summed E-state index contributed by atoms with van der Waals surface area (Å²) in [4.78, 5) is 65.5. The molecular weight excluding hydrogens is 1390 g/mol. The number of carboxylic acids is 1. The number of carbonyl (C=O) groups is 5. The molecule has 0 spiro atoms. The van der Waals surface area contributed by atoms with E-state index in [9.17, 15) is 111 Å². The molecule has 0 saturated carbocycles. The van der Waals surface area contributed by atoms with E-state index in [0.29, 0.717) is 12.1 Å². The molecule has 5 aliphatic rings. The highest BCUT2D eigenvalue weighted by Crippen LogP contribution is 2.41. The van der Waals surface area contributed by atoms with Crippen LogP contribution in [-0.2, 0) is 71.3 Å². The van der Waals surface area contributed by atoms with E-state index in [0.717, 1.165) is 46.0 Å². The molecule has 1 aromatic rings. The normalized spacial score (nSPS) is 35.2. The number of aliphatic hydroxyl groups is 16. The molecule has 6 heterocycles. The summed E-state index contributed by atoms with van der Waals surface area (Å²) >= 11 is 0. The number of aryl methyl sites for hydroxylation is 1. The van der Waals surface area contributed by atoms with Crippen molar-refractivity contribution in [3.63, 3.8) is 0 Å². The number of ether oxygens (including phenoxy) is 10. The lowest BCUT2D eigenvalue weighted by molar-refractivity contribution is -0.403. The van der Waals surface area contributed by atoms with Gasteiger partial charge in [0.2, 0.25) is 29.5 Å². The van der Waals surface area contributed by atoms with Crippen LogP contribution in [0, 0.1) is 6.92 Å². The third kappa shape index (κ3) is 24.6. The summed E-state index contributed by atoms with van der Waals surface area (Å²) in [7, 11) is 0. The van der Waals surface area contributed by atoms with Crippen molar-refractivity contribution in [2.24, 2.45) is 0 Å².